The summed E-state index contributed by atoms with van der Waals surface area (Å²) in [6, 6.07) is 5.76. The number of amides is 1. The van der Waals surface area contributed by atoms with Crippen LogP contribution in [0.15, 0.2) is 23.4 Å². The van der Waals surface area contributed by atoms with Gasteiger partial charge in [-0.05, 0) is 38.0 Å². The lowest BCUT2D eigenvalue weighted by Crippen LogP contribution is -2.34. The summed E-state index contributed by atoms with van der Waals surface area (Å²) < 4.78 is 10.7. The Morgan fingerprint density at radius 1 is 1.35 bits per heavy atom. The predicted molar refractivity (Wildman–Crippen MR) is 88.1 cm³/mol. The van der Waals surface area contributed by atoms with Gasteiger partial charge in [-0.1, -0.05) is 18.0 Å². The second-order valence-electron chi connectivity index (χ2n) is 5.40. The molecule has 1 aliphatic rings. The number of oxime groups is 1. The second kappa shape index (κ2) is 9.02. The molecule has 1 saturated carbocycles. The summed E-state index contributed by atoms with van der Waals surface area (Å²) in [6.07, 6.45) is 6.02. The van der Waals surface area contributed by atoms with Gasteiger partial charge in [0.2, 0.25) is 0 Å². The first kappa shape index (κ1) is 17.1. The van der Waals surface area contributed by atoms with Crippen LogP contribution in [0.3, 0.4) is 0 Å². The van der Waals surface area contributed by atoms with E-state index in [0.29, 0.717) is 24.1 Å². The second-order valence-corrected chi connectivity index (χ2v) is 5.40. The van der Waals surface area contributed by atoms with Crippen LogP contribution in [0.1, 0.15) is 38.2 Å². The Balaban J connectivity index is 1.79. The van der Waals surface area contributed by atoms with Crippen molar-refractivity contribution in [1.29, 1.82) is 0 Å². The molecule has 0 unspecified atom stereocenters. The summed E-state index contributed by atoms with van der Waals surface area (Å²) in [6.45, 7) is 2.42. The van der Waals surface area contributed by atoms with Crippen LogP contribution in [0, 0.1) is 0 Å². The van der Waals surface area contributed by atoms with Crippen LogP contribution in [0.2, 0.25) is 0 Å². The first-order valence-electron chi connectivity index (χ1n) is 7.98. The van der Waals surface area contributed by atoms with E-state index in [2.05, 4.69) is 10.5 Å². The van der Waals surface area contributed by atoms with E-state index in [0.717, 1.165) is 18.4 Å². The summed E-state index contributed by atoms with van der Waals surface area (Å²) in [4.78, 5) is 16.7. The Hall–Kier alpha value is -2.24. The molecule has 0 spiro atoms. The Morgan fingerprint density at radius 2 is 2.13 bits per heavy atom. The highest BCUT2D eigenvalue weighted by molar-refractivity contribution is 5.81. The SMILES string of the molecule is CCOc1ccc(/C=N/OCC(=O)NC2CCCC2)cc1OC. The number of benzene rings is 1. The van der Waals surface area contributed by atoms with E-state index < -0.39 is 0 Å². The quantitative estimate of drug-likeness (QED) is 0.590. The van der Waals surface area contributed by atoms with Crippen molar-refractivity contribution in [3.05, 3.63) is 23.8 Å². The molecule has 1 N–H and O–H groups in total. The van der Waals surface area contributed by atoms with Crippen LogP contribution in [-0.4, -0.2) is 38.5 Å². The first-order valence-corrected chi connectivity index (χ1v) is 7.98. The van der Waals surface area contributed by atoms with Gasteiger partial charge in [-0.2, -0.15) is 0 Å². The van der Waals surface area contributed by atoms with Gasteiger partial charge in [-0.15, -0.1) is 0 Å². The predicted octanol–water partition coefficient (Wildman–Crippen LogP) is 2.50. The Kier molecular flexibility index (Phi) is 6.72. The third-order valence-electron chi connectivity index (χ3n) is 3.68. The molecule has 0 saturated heterocycles. The molecule has 1 aromatic rings. The van der Waals surface area contributed by atoms with Crippen LogP contribution < -0.4 is 14.8 Å². The fourth-order valence-electron chi connectivity index (χ4n) is 2.57. The van der Waals surface area contributed by atoms with Crippen molar-refractivity contribution in [3.63, 3.8) is 0 Å². The van der Waals surface area contributed by atoms with Crippen LogP contribution in [0.25, 0.3) is 0 Å². The van der Waals surface area contributed by atoms with Gasteiger partial charge in [-0.3, -0.25) is 4.79 Å². The zero-order valence-electron chi connectivity index (χ0n) is 13.7. The van der Waals surface area contributed by atoms with Gasteiger partial charge in [0, 0.05) is 11.6 Å². The number of hydrogen-bond acceptors (Lipinski definition) is 5. The maximum Gasteiger partial charge on any atom is 0.260 e. The summed E-state index contributed by atoms with van der Waals surface area (Å²) >= 11 is 0. The van der Waals surface area contributed by atoms with Gasteiger partial charge >= 0.3 is 0 Å². The third-order valence-corrected chi connectivity index (χ3v) is 3.68. The standard InChI is InChI=1S/C17H24N2O4/c1-3-22-15-9-8-13(10-16(15)21-2)11-18-23-12-17(20)19-14-6-4-5-7-14/h8-11,14H,3-7,12H2,1-2H3,(H,19,20)/b18-11+. The zero-order valence-corrected chi connectivity index (χ0v) is 13.7. The largest absolute Gasteiger partial charge is 0.493 e. The number of nitrogens with zero attached hydrogens (tertiary/aromatic N) is 1. The van der Waals surface area contributed by atoms with Gasteiger partial charge in [-0.25, -0.2) is 0 Å². The van der Waals surface area contributed by atoms with E-state index in [1.54, 1.807) is 19.4 Å². The number of methoxy groups -OCH3 is 1. The van der Waals surface area contributed by atoms with E-state index in [1.807, 2.05) is 19.1 Å². The van der Waals surface area contributed by atoms with Gasteiger partial charge in [0.05, 0.1) is 19.9 Å². The van der Waals surface area contributed by atoms with Crippen molar-refractivity contribution in [2.45, 2.75) is 38.6 Å². The smallest absolute Gasteiger partial charge is 0.260 e. The topological polar surface area (TPSA) is 69.2 Å². The van der Waals surface area contributed by atoms with E-state index in [1.165, 1.54) is 12.8 Å². The maximum atomic E-state index is 11.7. The molecule has 0 bridgehead atoms. The van der Waals surface area contributed by atoms with Crippen LogP contribution >= 0.6 is 0 Å². The lowest BCUT2D eigenvalue weighted by atomic mass is 10.2. The van der Waals surface area contributed by atoms with Crippen molar-refractivity contribution in [3.8, 4) is 11.5 Å². The molecule has 1 aliphatic carbocycles. The van der Waals surface area contributed by atoms with Crippen LogP contribution in [0.4, 0.5) is 0 Å². The zero-order chi connectivity index (χ0) is 16.5. The van der Waals surface area contributed by atoms with E-state index >= 15 is 0 Å². The molecule has 6 nitrogen and oxygen atoms in total. The van der Waals surface area contributed by atoms with Crippen LogP contribution in [0.5, 0.6) is 11.5 Å². The number of carbonyl (C=O) groups excluding carboxylic acids is 1. The molecule has 6 heteroatoms. The van der Waals surface area contributed by atoms with Gasteiger partial charge in [0.25, 0.3) is 5.91 Å². The fraction of sp³-hybridized carbons (Fsp3) is 0.529. The number of nitrogens with one attached hydrogen (secondary N) is 1. The average Bonchev–Trinajstić information content (AvgIpc) is 3.06. The molecule has 0 heterocycles. The minimum atomic E-state index is -0.127. The minimum Gasteiger partial charge on any atom is -0.493 e. The molecule has 126 valence electrons. The number of rotatable bonds is 8. The van der Waals surface area contributed by atoms with E-state index in [-0.39, 0.29) is 12.5 Å². The van der Waals surface area contributed by atoms with Crippen molar-refractivity contribution in [2.75, 3.05) is 20.3 Å². The Bertz CT molecular complexity index is 539. The molecule has 2 rings (SSSR count). The average molecular weight is 320 g/mol. The molecular formula is C17H24N2O4. The Labute approximate surface area is 136 Å². The first-order chi connectivity index (χ1) is 11.2. The molecule has 0 aliphatic heterocycles. The van der Waals surface area contributed by atoms with Gasteiger partial charge in [0.15, 0.2) is 18.1 Å². The number of hydrogen-bond donors (Lipinski definition) is 1. The minimum absolute atomic E-state index is 0.0683. The van der Waals surface area contributed by atoms with Crippen molar-refractivity contribution in [2.24, 2.45) is 5.16 Å². The summed E-state index contributed by atoms with van der Waals surface area (Å²) in [5.41, 5.74) is 0.807. The molecular weight excluding hydrogens is 296 g/mol. The molecule has 1 aromatic carbocycles. The van der Waals surface area contributed by atoms with Crippen molar-refractivity contribution >= 4 is 12.1 Å². The van der Waals surface area contributed by atoms with Crippen LogP contribution in [-0.2, 0) is 9.63 Å². The summed E-state index contributed by atoms with van der Waals surface area (Å²) in [5, 5.41) is 6.77. The number of ether oxygens (including phenoxy) is 2. The fourth-order valence-corrected chi connectivity index (χ4v) is 2.57. The summed E-state index contributed by atoms with van der Waals surface area (Å²) in [7, 11) is 1.59. The van der Waals surface area contributed by atoms with Crippen molar-refractivity contribution in [1.82, 2.24) is 5.32 Å². The highest BCUT2D eigenvalue weighted by Gasteiger charge is 2.16. The van der Waals surface area contributed by atoms with E-state index in [9.17, 15) is 4.79 Å². The molecule has 23 heavy (non-hydrogen) atoms. The highest BCUT2D eigenvalue weighted by atomic mass is 16.6. The lowest BCUT2D eigenvalue weighted by Gasteiger charge is -2.10. The number of carbonyl (C=O) groups is 1. The molecule has 0 aromatic heterocycles. The normalized spacial score (nSPS) is 14.9. The monoisotopic (exact) mass is 320 g/mol. The van der Waals surface area contributed by atoms with Gasteiger partial charge < -0.3 is 19.6 Å². The van der Waals surface area contributed by atoms with E-state index in [4.69, 9.17) is 14.3 Å². The molecule has 0 atom stereocenters. The molecule has 1 amide bonds. The highest BCUT2D eigenvalue weighted by Crippen LogP contribution is 2.27. The molecule has 1 fully saturated rings. The molecule has 0 radical (unpaired) electrons. The Morgan fingerprint density at radius 3 is 2.83 bits per heavy atom. The lowest BCUT2D eigenvalue weighted by molar-refractivity contribution is -0.126. The summed E-state index contributed by atoms with van der Waals surface area (Å²) in [5.74, 6) is 1.19. The third kappa shape index (κ3) is 5.47. The van der Waals surface area contributed by atoms with Gasteiger partial charge in [0.1, 0.15) is 0 Å². The maximum absolute atomic E-state index is 11.7. The van der Waals surface area contributed by atoms with Crippen molar-refractivity contribution < 1.29 is 19.1 Å².